The van der Waals surface area contributed by atoms with Gasteiger partial charge in [-0.1, -0.05) is 36.4 Å². The minimum Gasteiger partial charge on any atom is -0.376 e. The molecule has 3 aromatic rings. The van der Waals surface area contributed by atoms with Gasteiger partial charge in [-0.3, -0.25) is 14.4 Å². The maximum absolute atomic E-state index is 12.5. The van der Waals surface area contributed by atoms with Crippen molar-refractivity contribution in [2.24, 2.45) is 0 Å². The summed E-state index contributed by atoms with van der Waals surface area (Å²) in [5.41, 5.74) is 2.97. The van der Waals surface area contributed by atoms with E-state index >= 15 is 0 Å². The van der Waals surface area contributed by atoms with Crippen molar-refractivity contribution in [2.75, 3.05) is 17.2 Å². The minimum atomic E-state index is -0.337. The molecule has 7 heteroatoms. The second kappa shape index (κ2) is 11.3. The predicted molar refractivity (Wildman–Crippen MR) is 140 cm³/mol. The standard InChI is InChI=1S/C28H32N4O3/c1-19(20-9-6-5-7-10-20)30-26(34)21-13-15-23(16-14-21)31-25(33)18-29-24-12-8-11-22(17-24)27(35)32-28(2,3)4/h5-17,19,29H,18H2,1-4H3,(H,30,34)(H,31,33)(H,32,35). The molecule has 0 fully saturated rings. The molecule has 0 aliphatic rings. The molecule has 0 aromatic heterocycles. The van der Waals surface area contributed by atoms with Crippen molar-refractivity contribution >= 4 is 29.1 Å². The molecule has 4 N–H and O–H groups in total. The molecule has 0 saturated heterocycles. The lowest BCUT2D eigenvalue weighted by Crippen LogP contribution is -2.40. The van der Waals surface area contributed by atoms with Crippen molar-refractivity contribution in [1.82, 2.24) is 10.6 Å². The van der Waals surface area contributed by atoms with Gasteiger partial charge in [0.2, 0.25) is 5.91 Å². The van der Waals surface area contributed by atoms with Gasteiger partial charge >= 0.3 is 0 Å². The molecular formula is C28H32N4O3. The molecule has 0 spiro atoms. The van der Waals surface area contributed by atoms with Crippen LogP contribution in [0.2, 0.25) is 0 Å². The van der Waals surface area contributed by atoms with E-state index in [4.69, 9.17) is 0 Å². The van der Waals surface area contributed by atoms with Crippen LogP contribution < -0.4 is 21.3 Å². The summed E-state index contributed by atoms with van der Waals surface area (Å²) >= 11 is 0. The third-order valence-electron chi connectivity index (χ3n) is 5.14. The molecule has 182 valence electrons. The van der Waals surface area contributed by atoms with E-state index < -0.39 is 0 Å². The largest absolute Gasteiger partial charge is 0.376 e. The summed E-state index contributed by atoms with van der Waals surface area (Å²) in [4.78, 5) is 37.3. The van der Waals surface area contributed by atoms with Crippen molar-refractivity contribution in [3.8, 4) is 0 Å². The number of benzene rings is 3. The zero-order valence-electron chi connectivity index (χ0n) is 20.5. The van der Waals surface area contributed by atoms with E-state index in [0.717, 1.165) is 5.56 Å². The van der Waals surface area contributed by atoms with Gasteiger partial charge in [-0.2, -0.15) is 0 Å². The van der Waals surface area contributed by atoms with Crippen molar-refractivity contribution in [2.45, 2.75) is 39.3 Å². The van der Waals surface area contributed by atoms with E-state index in [-0.39, 0.29) is 35.8 Å². The van der Waals surface area contributed by atoms with Gasteiger partial charge in [-0.05, 0) is 75.7 Å². The van der Waals surface area contributed by atoms with Crippen LogP contribution in [0.4, 0.5) is 11.4 Å². The fourth-order valence-electron chi connectivity index (χ4n) is 3.38. The Morgan fingerprint density at radius 1 is 0.771 bits per heavy atom. The van der Waals surface area contributed by atoms with E-state index in [1.807, 2.05) is 58.0 Å². The molecule has 35 heavy (non-hydrogen) atoms. The number of anilines is 2. The van der Waals surface area contributed by atoms with Gasteiger partial charge in [0, 0.05) is 28.0 Å². The molecule has 0 aliphatic heterocycles. The highest BCUT2D eigenvalue weighted by atomic mass is 16.2. The molecule has 3 aromatic carbocycles. The summed E-state index contributed by atoms with van der Waals surface area (Å²) < 4.78 is 0. The number of carbonyl (C=O) groups is 3. The van der Waals surface area contributed by atoms with Gasteiger partial charge in [0.05, 0.1) is 12.6 Å². The van der Waals surface area contributed by atoms with Gasteiger partial charge in [-0.15, -0.1) is 0 Å². The number of carbonyl (C=O) groups excluding carboxylic acids is 3. The lowest BCUT2D eigenvalue weighted by atomic mass is 10.1. The first kappa shape index (κ1) is 25.5. The van der Waals surface area contributed by atoms with E-state index in [1.165, 1.54) is 0 Å². The normalized spacial score (nSPS) is 11.8. The minimum absolute atomic E-state index is 0.0289. The van der Waals surface area contributed by atoms with Crippen LogP contribution in [0.15, 0.2) is 78.9 Å². The van der Waals surface area contributed by atoms with Crippen LogP contribution in [0.25, 0.3) is 0 Å². The number of rotatable bonds is 8. The summed E-state index contributed by atoms with van der Waals surface area (Å²) in [5, 5.41) is 11.7. The van der Waals surface area contributed by atoms with Crippen molar-refractivity contribution in [3.05, 3.63) is 95.6 Å². The van der Waals surface area contributed by atoms with E-state index in [1.54, 1.807) is 48.5 Å². The van der Waals surface area contributed by atoms with Crippen LogP contribution >= 0.6 is 0 Å². The number of hydrogen-bond acceptors (Lipinski definition) is 4. The number of amides is 3. The monoisotopic (exact) mass is 472 g/mol. The van der Waals surface area contributed by atoms with Crippen LogP contribution in [-0.2, 0) is 4.79 Å². The van der Waals surface area contributed by atoms with Crippen LogP contribution in [0.3, 0.4) is 0 Å². The highest BCUT2D eigenvalue weighted by Gasteiger charge is 2.16. The van der Waals surface area contributed by atoms with E-state index in [2.05, 4.69) is 21.3 Å². The Morgan fingerprint density at radius 2 is 1.46 bits per heavy atom. The average molecular weight is 473 g/mol. The first-order chi connectivity index (χ1) is 16.6. The first-order valence-electron chi connectivity index (χ1n) is 11.5. The molecule has 0 saturated carbocycles. The summed E-state index contributed by atoms with van der Waals surface area (Å²) in [6, 6.07) is 23.3. The SMILES string of the molecule is CC(NC(=O)c1ccc(NC(=O)CNc2cccc(C(=O)NC(C)(C)C)c2)cc1)c1ccccc1. The summed E-state index contributed by atoms with van der Waals surface area (Å²) in [7, 11) is 0. The third kappa shape index (κ3) is 7.99. The second-order valence-corrected chi connectivity index (χ2v) is 9.37. The Morgan fingerprint density at radius 3 is 2.11 bits per heavy atom. The second-order valence-electron chi connectivity index (χ2n) is 9.37. The van der Waals surface area contributed by atoms with Gasteiger partial charge < -0.3 is 21.3 Å². The lowest BCUT2D eigenvalue weighted by molar-refractivity contribution is -0.114. The average Bonchev–Trinajstić information content (AvgIpc) is 2.83. The molecule has 0 radical (unpaired) electrons. The molecule has 7 nitrogen and oxygen atoms in total. The Kier molecular flexibility index (Phi) is 8.25. The zero-order chi connectivity index (χ0) is 25.4. The van der Waals surface area contributed by atoms with Crippen LogP contribution in [-0.4, -0.2) is 29.8 Å². The topological polar surface area (TPSA) is 99.3 Å². The van der Waals surface area contributed by atoms with Crippen molar-refractivity contribution < 1.29 is 14.4 Å². The molecule has 1 unspecified atom stereocenters. The smallest absolute Gasteiger partial charge is 0.251 e. The summed E-state index contributed by atoms with van der Waals surface area (Å²) in [6.45, 7) is 7.72. The molecule has 1 atom stereocenters. The Hall–Kier alpha value is -4.13. The van der Waals surface area contributed by atoms with E-state index in [0.29, 0.717) is 22.5 Å². The van der Waals surface area contributed by atoms with Crippen molar-refractivity contribution in [3.63, 3.8) is 0 Å². The molecule has 3 rings (SSSR count). The molecule has 0 heterocycles. The van der Waals surface area contributed by atoms with Gasteiger partial charge in [0.15, 0.2) is 0 Å². The maximum atomic E-state index is 12.5. The highest BCUT2D eigenvalue weighted by molar-refractivity contribution is 5.97. The lowest BCUT2D eigenvalue weighted by Gasteiger charge is -2.20. The fourth-order valence-corrected chi connectivity index (χ4v) is 3.38. The molecule has 0 bridgehead atoms. The summed E-state index contributed by atoms with van der Waals surface area (Å²) in [6.07, 6.45) is 0. The quantitative estimate of drug-likeness (QED) is 0.380. The zero-order valence-corrected chi connectivity index (χ0v) is 20.5. The van der Waals surface area contributed by atoms with Crippen LogP contribution in [0.5, 0.6) is 0 Å². The number of nitrogens with one attached hydrogen (secondary N) is 4. The maximum Gasteiger partial charge on any atom is 0.251 e. The summed E-state index contributed by atoms with van der Waals surface area (Å²) in [5.74, 6) is -0.603. The predicted octanol–water partition coefficient (Wildman–Crippen LogP) is 4.76. The highest BCUT2D eigenvalue weighted by Crippen LogP contribution is 2.15. The Labute approximate surface area is 206 Å². The van der Waals surface area contributed by atoms with Crippen LogP contribution in [0, 0.1) is 0 Å². The number of hydrogen-bond donors (Lipinski definition) is 4. The van der Waals surface area contributed by atoms with Gasteiger partial charge in [0.25, 0.3) is 11.8 Å². The van der Waals surface area contributed by atoms with Crippen LogP contribution in [0.1, 0.15) is 60.0 Å². The van der Waals surface area contributed by atoms with E-state index in [9.17, 15) is 14.4 Å². The fraction of sp³-hybridized carbons (Fsp3) is 0.250. The van der Waals surface area contributed by atoms with Gasteiger partial charge in [-0.25, -0.2) is 0 Å². The van der Waals surface area contributed by atoms with Crippen molar-refractivity contribution in [1.29, 1.82) is 0 Å². The Bertz CT molecular complexity index is 1170. The first-order valence-corrected chi connectivity index (χ1v) is 11.5. The molecule has 0 aliphatic carbocycles. The van der Waals surface area contributed by atoms with Gasteiger partial charge in [0.1, 0.15) is 0 Å². The molecular weight excluding hydrogens is 440 g/mol. The molecule has 3 amide bonds. The third-order valence-corrected chi connectivity index (χ3v) is 5.14. The Balaban J connectivity index is 1.50.